The number of fused-ring (bicyclic) bond motifs is 1. The number of hydrogen-bond acceptors (Lipinski definition) is 10. The highest BCUT2D eigenvalue weighted by molar-refractivity contribution is 6.05. The van der Waals surface area contributed by atoms with Gasteiger partial charge in [-0.3, -0.25) is 19.3 Å². The molecule has 4 aromatic heterocycles. The number of halogens is 1. The van der Waals surface area contributed by atoms with E-state index >= 15 is 4.39 Å². The van der Waals surface area contributed by atoms with Crippen LogP contribution in [0.15, 0.2) is 61.6 Å². The van der Waals surface area contributed by atoms with E-state index in [2.05, 4.69) is 35.1 Å². The molecule has 1 saturated heterocycles. The molecule has 258 valence electrons. The molecule has 15 heteroatoms. The number of rotatable bonds is 10. The average molecular weight is 681 g/mol. The highest BCUT2D eigenvalue weighted by atomic mass is 19.1. The Labute approximate surface area is 287 Å². The smallest absolute Gasteiger partial charge is 0.270 e. The van der Waals surface area contributed by atoms with E-state index < -0.39 is 5.82 Å². The van der Waals surface area contributed by atoms with Gasteiger partial charge in [-0.15, -0.1) is 5.10 Å². The number of aromatic nitrogens is 7. The predicted octanol–water partition coefficient (Wildman–Crippen LogP) is 3.83. The highest BCUT2D eigenvalue weighted by Crippen LogP contribution is 2.40. The number of benzene rings is 1. The van der Waals surface area contributed by atoms with Crippen molar-refractivity contribution in [3.05, 3.63) is 78.7 Å². The van der Waals surface area contributed by atoms with E-state index in [0.29, 0.717) is 91.6 Å². The Balaban J connectivity index is 1.20. The summed E-state index contributed by atoms with van der Waals surface area (Å²) in [6.07, 6.45) is 12.6. The Bertz CT molecular complexity index is 2040. The van der Waals surface area contributed by atoms with Crippen LogP contribution in [0, 0.1) is 5.82 Å². The summed E-state index contributed by atoms with van der Waals surface area (Å²) in [6.45, 7) is 5.49. The zero-order valence-corrected chi connectivity index (χ0v) is 27.9. The van der Waals surface area contributed by atoms with E-state index in [-0.39, 0.29) is 36.0 Å². The molecule has 0 atom stereocenters. The van der Waals surface area contributed by atoms with Crippen molar-refractivity contribution >= 4 is 34.0 Å². The maximum absolute atomic E-state index is 16.7. The second-order valence-corrected chi connectivity index (χ2v) is 12.0. The van der Waals surface area contributed by atoms with Crippen molar-refractivity contribution in [2.24, 2.45) is 0 Å². The molecular formula is C35H37FN10O4. The standard InChI is InChI=1S/C35H37FN10O4/c1-3-50-30-6-8-37-19-27(30)25-17-24(23-5-4-10-45(21-23)31(47)7-11-46-12-9-40-42-46)32(36)33-26(25)18-28(41-33)35(48)44-15-13-43(14-16-44)29-20-38-22-39-34(29)49-2/h5-6,8-9,12,17-20,22,41H,3-4,7,10-11,13-16,21H2,1-2H3. The number of hydrogen-bond donors (Lipinski definition) is 1. The Morgan fingerprint density at radius 1 is 1.00 bits per heavy atom. The number of carbonyl (C=O) groups excluding carboxylic acids is 2. The molecule has 0 spiro atoms. The van der Waals surface area contributed by atoms with Gasteiger partial charge in [-0.25, -0.2) is 14.4 Å². The summed E-state index contributed by atoms with van der Waals surface area (Å²) in [5.74, 6) is 0.290. The van der Waals surface area contributed by atoms with Crippen LogP contribution in [0.25, 0.3) is 27.6 Å². The number of methoxy groups -OCH3 is 1. The van der Waals surface area contributed by atoms with Crippen molar-refractivity contribution in [1.29, 1.82) is 0 Å². The van der Waals surface area contributed by atoms with Gasteiger partial charge in [0.05, 0.1) is 38.2 Å². The van der Waals surface area contributed by atoms with E-state index in [9.17, 15) is 9.59 Å². The number of carbonyl (C=O) groups is 2. The van der Waals surface area contributed by atoms with E-state index in [1.165, 1.54) is 6.33 Å². The molecule has 6 heterocycles. The number of ether oxygens (including phenoxy) is 2. The molecule has 5 aromatic rings. The normalized spacial score (nSPS) is 14.9. The topological polar surface area (TPSA) is 147 Å². The molecular weight excluding hydrogens is 643 g/mol. The molecule has 50 heavy (non-hydrogen) atoms. The summed E-state index contributed by atoms with van der Waals surface area (Å²) in [4.78, 5) is 48.5. The van der Waals surface area contributed by atoms with Gasteiger partial charge in [-0.1, -0.05) is 11.3 Å². The SMILES string of the molecule is CCOc1ccncc1-c1cc(C2=CCCN(C(=O)CCn3ccnn3)C2)c(F)c2[nH]c(C(=O)N3CCN(c4cncnc4OC)CC3)cc12. The highest BCUT2D eigenvalue weighted by Gasteiger charge is 2.29. The van der Waals surface area contributed by atoms with Crippen molar-refractivity contribution in [2.75, 3.05) is 57.9 Å². The molecule has 0 aliphatic carbocycles. The zero-order valence-electron chi connectivity index (χ0n) is 27.9. The fraction of sp³-hybridized carbons (Fsp3) is 0.343. The lowest BCUT2D eigenvalue weighted by Gasteiger charge is -2.35. The molecule has 1 aromatic carbocycles. The maximum Gasteiger partial charge on any atom is 0.270 e. The lowest BCUT2D eigenvalue weighted by molar-refractivity contribution is -0.131. The number of aryl methyl sites for hydroxylation is 1. The molecule has 1 fully saturated rings. The number of aromatic amines is 1. The summed E-state index contributed by atoms with van der Waals surface area (Å²) < 4.78 is 29.7. The van der Waals surface area contributed by atoms with Gasteiger partial charge in [0.1, 0.15) is 23.5 Å². The van der Waals surface area contributed by atoms with E-state index in [1.54, 1.807) is 70.8 Å². The third-order valence-electron chi connectivity index (χ3n) is 9.09. The van der Waals surface area contributed by atoms with Gasteiger partial charge in [-0.2, -0.15) is 0 Å². The molecule has 0 unspecified atom stereocenters. The molecule has 0 bridgehead atoms. The third kappa shape index (κ3) is 6.45. The van der Waals surface area contributed by atoms with Crippen molar-refractivity contribution in [3.8, 4) is 22.8 Å². The van der Waals surface area contributed by atoms with Crippen LogP contribution >= 0.6 is 0 Å². The molecule has 1 N–H and O–H groups in total. The molecule has 0 radical (unpaired) electrons. The minimum Gasteiger partial charge on any atom is -0.493 e. The zero-order chi connectivity index (χ0) is 34.6. The monoisotopic (exact) mass is 680 g/mol. The molecule has 2 aliphatic heterocycles. The Hall–Kier alpha value is -5.86. The molecule has 0 saturated carbocycles. The fourth-order valence-corrected chi connectivity index (χ4v) is 6.58. The van der Waals surface area contributed by atoms with Crippen molar-refractivity contribution in [2.45, 2.75) is 26.3 Å². The first-order valence-corrected chi connectivity index (χ1v) is 16.6. The average Bonchev–Trinajstić information content (AvgIpc) is 3.86. The first kappa shape index (κ1) is 32.7. The minimum atomic E-state index is -0.492. The summed E-state index contributed by atoms with van der Waals surface area (Å²) in [7, 11) is 1.56. The molecule has 7 rings (SSSR count). The quantitative estimate of drug-likeness (QED) is 0.231. The Morgan fingerprint density at radius 2 is 1.86 bits per heavy atom. The second-order valence-electron chi connectivity index (χ2n) is 12.0. The summed E-state index contributed by atoms with van der Waals surface area (Å²) >= 11 is 0. The van der Waals surface area contributed by atoms with Crippen molar-refractivity contribution < 1.29 is 23.5 Å². The number of anilines is 1. The van der Waals surface area contributed by atoms with Gasteiger partial charge in [-0.05, 0) is 42.7 Å². The maximum atomic E-state index is 16.7. The van der Waals surface area contributed by atoms with E-state index in [1.807, 2.05) is 13.0 Å². The van der Waals surface area contributed by atoms with Crippen LogP contribution in [0.3, 0.4) is 0 Å². The number of piperazine rings is 1. The van der Waals surface area contributed by atoms with Crippen LogP contribution in [-0.2, 0) is 11.3 Å². The number of pyridine rings is 1. The Morgan fingerprint density at radius 3 is 2.64 bits per heavy atom. The van der Waals surface area contributed by atoms with E-state index in [4.69, 9.17) is 9.47 Å². The Kier molecular flexibility index (Phi) is 9.36. The first-order chi connectivity index (χ1) is 24.4. The molecule has 2 aliphatic rings. The fourth-order valence-electron chi connectivity index (χ4n) is 6.58. The van der Waals surface area contributed by atoms with Gasteiger partial charge in [0, 0.05) is 80.8 Å². The predicted molar refractivity (Wildman–Crippen MR) is 183 cm³/mol. The van der Waals surface area contributed by atoms with Crippen LogP contribution in [0.5, 0.6) is 11.6 Å². The largest absolute Gasteiger partial charge is 0.493 e. The molecule has 14 nitrogen and oxygen atoms in total. The van der Waals surface area contributed by atoms with Crippen LogP contribution in [0.4, 0.5) is 10.1 Å². The van der Waals surface area contributed by atoms with Crippen molar-refractivity contribution in [1.82, 2.24) is 44.7 Å². The van der Waals surface area contributed by atoms with Crippen LogP contribution in [0.2, 0.25) is 0 Å². The summed E-state index contributed by atoms with van der Waals surface area (Å²) in [5, 5.41) is 8.27. The van der Waals surface area contributed by atoms with Crippen LogP contribution in [0.1, 0.15) is 35.8 Å². The van der Waals surface area contributed by atoms with Crippen molar-refractivity contribution in [3.63, 3.8) is 0 Å². The van der Waals surface area contributed by atoms with E-state index in [0.717, 1.165) is 5.69 Å². The van der Waals surface area contributed by atoms with Crippen LogP contribution in [-0.4, -0.2) is 110 Å². The molecule has 2 amide bonds. The third-order valence-corrected chi connectivity index (χ3v) is 9.09. The number of nitrogens with zero attached hydrogens (tertiary/aromatic N) is 9. The summed E-state index contributed by atoms with van der Waals surface area (Å²) in [5.41, 5.74) is 3.61. The lowest BCUT2D eigenvalue weighted by atomic mass is 9.93. The van der Waals surface area contributed by atoms with Gasteiger partial charge in [0.15, 0.2) is 5.82 Å². The first-order valence-electron chi connectivity index (χ1n) is 16.6. The number of H-pyrrole nitrogens is 1. The van der Waals surface area contributed by atoms with Gasteiger partial charge in [0.2, 0.25) is 11.8 Å². The second kappa shape index (κ2) is 14.3. The number of nitrogens with one attached hydrogen (secondary N) is 1. The lowest BCUT2D eigenvalue weighted by Crippen LogP contribution is -2.49. The van der Waals surface area contributed by atoms with Gasteiger partial charge < -0.3 is 29.2 Å². The summed E-state index contributed by atoms with van der Waals surface area (Å²) in [6, 6.07) is 5.26. The number of amides is 2. The minimum absolute atomic E-state index is 0.0511. The van der Waals surface area contributed by atoms with Crippen LogP contribution < -0.4 is 14.4 Å². The van der Waals surface area contributed by atoms with Gasteiger partial charge in [0.25, 0.3) is 5.91 Å². The van der Waals surface area contributed by atoms with Gasteiger partial charge >= 0.3 is 0 Å².